The third-order valence-electron chi connectivity index (χ3n) is 2.33. The summed E-state index contributed by atoms with van der Waals surface area (Å²) in [5, 5.41) is 19.3. The lowest BCUT2D eigenvalue weighted by Gasteiger charge is -2.24. The topological polar surface area (TPSA) is 90.2 Å². The third kappa shape index (κ3) is 9.10. The summed E-state index contributed by atoms with van der Waals surface area (Å²) in [6.45, 7) is 3.36. The Kier molecular flexibility index (Phi) is 8.73. The first kappa shape index (κ1) is 19.5. The summed E-state index contributed by atoms with van der Waals surface area (Å²) in [4.78, 5) is 19.9. The van der Waals surface area contributed by atoms with Gasteiger partial charge in [0.1, 0.15) is 0 Å². The van der Waals surface area contributed by atoms with E-state index in [0.29, 0.717) is 6.42 Å². The summed E-state index contributed by atoms with van der Waals surface area (Å²) in [7, 11) is 0. The van der Waals surface area contributed by atoms with Crippen molar-refractivity contribution in [2.75, 3.05) is 13.1 Å². The number of rotatable bonds is 2. The average molecular weight is 324 g/mol. The van der Waals surface area contributed by atoms with Crippen LogP contribution < -0.4 is 5.32 Å². The monoisotopic (exact) mass is 324 g/mol. The average Bonchev–Trinajstić information content (AvgIpc) is 2.36. The highest BCUT2D eigenvalue weighted by Gasteiger charge is 2.38. The Hall–Kier alpha value is -1.53. The predicted octanol–water partition coefficient (Wildman–Crippen LogP) is 2.10. The molecule has 1 rings (SSSR count). The van der Waals surface area contributed by atoms with Crippen molar-refractivity contribution in [1.82, 2.24) is 5.32 Å². The number of alkyl halides is 3. The highest BCUT2D eigenvalue weighted by molar-refractivity contribution is 8.14. The summed E-state index contributed by atoms with van der Waals surface area (Å²) >= 11 is 1.38. The number of carboxylic acid groups (broad SMARTS) is 1. The Balaban J connectivity index is 0.000000486. The van der Waals surface area contributed by atoms with E-state index in [0.717, 1.165) is 19.5 Å². The van der Waals surface area contributed by atoms with Crippen molar-refractivity contribution in [2.45, 2.75) is 31.2 Å². The van der Waals surface area contributed by atoms with E-state index in [9.17, 15) is 18.0 Å². The van der Waals surface area contributed by atoms with Crippen LogP contribution in [-0.4, -0.2) is 40.7 Å². The Labute approximate surface area is 124 Å². The van der Waals surface area contributed by atoms with E-state index in [1.165, 1.54) is 17.3 Å². The van der Waals surface area contributed by atoms with E-state index in [-0.39, 0.29) is 10.4 Å². The fourth-order valence-corrected chi connectivity index (χ4v) is 2.45. The molecule has 0 aromatic carbocycles. The lowest BCUT2D eigenvalue weighted by Crippen LogP contribution is -2.32. The molecule has 0 saturated carbocycles. The summed E-state index contributed by atoms with van der Waals surface area (Å²) in [5.74, 6) is -2.76. The molecule has 1 heterocycles. The quantitative estimate of drug-likeness (QED) is 0.756. The van der Waals surface area contributed by atoms with Crippen LogP contribution in [0.1, 0.15) is 19.8 Å². The van der Waals surface area contributed by atoms with Gasteiger partial charge in [0.25, 0.3) is 0 Å². The van der Waals surface area contributed by atoms with Crippen molar-refractivity contribution >= 4 is 22.8 Å². The van der Waals surface area contributed by atoms with Gasteiger partial charge in [-0.1, -0.05) is 17.8 Å². The first-order valence-electron chi connectivity index (χ1n) is 5.92. The number of nitrogens with one attached hydrogen (secondary N) is 1. The maximum absolute atomic E-state index is 11.0. The minimum absolute atomic E-state index is 0.153. The second kappa shape index (κ2) is 9.41. The van der Waals surface area contributed by atoms with Gasteiger partial charge in [0.05, 0.1) is 12.5 Å². The predicted molar refractivity (Wildman–Crippen MR) is 71.6 cm³/mol. The number of carbonyl (C=O) groups excluding carboxylic acids is 1. The zero-order valence-corrected chi connectivity index (χ0v) is 12.1. The van der Waals surface area contributed by atoms with Gasteiger partial charge in [-0.25, -0.2) is 4.79 Å². The van der Waals surface area contributed by atoms with Gasteiger partial charge in [-0.3, -0.25) is 4.79 Å². The second-order valence-corrected chi connectivity index (χ2v) is 5.39. The largest absolute Gasteiger partial charge is 0.490 e. The number of hydrogen-bond donors (Lipinski definition) is 2. The smallest absolute Gasteiger partial charge is 0.475 e. The van der Waals surface area contributed by atoms with E-state index in [4.69, 9.17) is 15.2 Å². The molecular weight excluding hydrogens is 309 g/mol. The van der Waals surface area contributed by atoms with Crippen molar-refractivity contribution < 1.29 is 27.9 Å². The number of nitriles is 1. The second-order valence-electron chi connectivity index (χ2n) is 4.01. The van der Waals surface area contributed by atoms with Crippen molar-refractivity contribution in [1.29, 1.82) is 5.26 Å². The first-order valence-corrected chi connectivity index (χ1v) is 6.80. The number of carboxylic acids is 1. The van der Waals surface area contributed by atoms with Crippen molar-refractivity contribution in [3.05, 3.63) is 11.6 Å². The van der Waals surface area contributed by atoms with Crippen LogP contribution in [0.5, 0.6) is 0 Å². The molecule has 0 aliphatic carbocycles. The first-order chi connectivity index (χ1) is 9.68. The molecule has 21 heavy (non-hydrogen) atoms. The minimum Gasteiger partial charge on any atom is -0.475 e. The van der Waals surface area contributed by atoms with E-state index < -0.39 is 12.1 Å². The van der Waals surface area contributed by atoms with Crippen LogP contribution >= 0.6 is 11.8 Å². The van der Waals surface area contributed by atoms with Gasteiger partial charge in [0.15, 0.2) is 5.12 Å². The molecule has 1 unspecified atom stereocenters. The van der Waals surface area contributed by atoms with Gasteiger partial charge in [-0.05, 0) is 18.5 Å². The molecule has 9 heteroatoms. The number of thioether (sulfide) groups is 1. The number of carbonyl (C=O) groups is 2. The highest BCUT2D eigenvalue weighted by atomic mass is 32.2. The van der Waals surface area contributed by atoms with Crippen molar-refractivity contribution in [3.63, 3.8) is 0 Å². The minimum atomic E-state index is -5.08. The number of allylic oxidation sites excluding steroid dienone is 1. The van der Waals surface area contributed by atoms with E-state index in [2.05, 4.69) is 11.4 Å². The van der Waals surface area contributed by atoms with Crippen LogP contribution in [0.25, 0.3) is 0 Å². The number of nitrogens with zero attached hydrogens (tertiary/aromatic N) is 1. The summed E-state index contributed by atoms with van der Waals surface area (Å²) in [5.41, 5.74) is 1.19. The molecule has 1 aliphatic rings. The van der Waals surface area contributed by atoms with Crippen LogP contribution in [0.2, 0.25) is 0 Å². The van der Waals surface area contributed by atoms with Gasteiger partial charge in [-0.15, -0.1) is 0 Å². The molecule has 2 N–H and O–H groups in total. The molecule has 0 radical (unpaired) electrons. The van der Waals surface area contributed by atoms with Crippen LogP contribution in [0.15, 0.2) is 11.6 Å². The van der Waals surface area contributed by atoms with Crippen molar-refractivity contribution in [3.8, 4) is 6.07 Å². The third-order valence-corrected chi connectivity index (χ3v) is 3.49. The van der Waals surface area contributed by atoms with Crippen molar-refractivity contribution in [2.24, 2.45) is 0 Å². The molecule has 0 aromatic heterocycles. The van der Waals surface area contributed by atoms with Crippen LogP contribution in [0.4, 0.5) is 13.2 Å². The molecule has 1 aliphatic heterocycles. The highest BCUT2D eigenvalue weighted by Crippen LogP contribution is 2.25. The summed E-state index contributed by atoms with van der Waals surface area (Å²) in [6, 6.07) is 2.09. The van der Waals surface area contributed by atoms with E-state index in [1.807, 2.05) is 6.08 Å². The van der Waals surface area contributed by atoms with Crippen LogP contribution in [0.3, 0.4) is 0 Å². The van der Waals surface area contributed by atoms with Crippen LogP contribution in [0, 0.1) is 11.3 Å². The molecule has 0 aromatic rings. The number of hydrogen-bond acceptors (Lipinski definition) is 5. The number of halogens is 3. The Bertz CT molecular complexity index is 444. The molecule has 118 valence electrons. The lowest BCUT2D eigenvalue weighted by molar-refractivity contribution is -0.192. The molecular formula is C12H15F3N2O3S. The number of piperidine rings is 1. The molecule has 5 nitrogen and oxygen atoms in total. The zero-order chi connectivity index (χ0) is 16.5. The summed E-state index contributed by atoms with van der Waals surface area (Å²) < 4.78 is 31.7. The standard InChI is InChI=1S/C10H14N2OS.C2HF3O2/c1-8(13)14-10-4-6-12-7-9(10)3-2-5-11;3-2(4,5)1(6)7/h3,10,12H,2,4,6-7H2,1H3;(H,6,7)/b9-3-;. The molecule has 1 fully saturated rings. The zero-order valence-electron chi connectivity index (χ0n) is 11.2. The van der Waals surface area contributed by atoms with E-state index in [1.54, 1.807) is 6.92 Å². The van der Waals surface area contributed by atoms with E-state index >= 15 is 0 Å². The Morgan fingerprint density at radius 1 is 1.57 bits per heavy atom. The lowest BCUT2D eigenvalue weighted by atomic mass is 10.1. The van der Waals surface area contributed by atoms with Gasteiger partial charge in [-0.2, -0.15) is 18.4 Å². The SMILES string of the molecule is CC(=O)SC1CCNC/C1=C/CC#N.O=C(O)C(F)(F)F. The van der Waals surface area contributed by atoms with Gasteiger partial charge in [0.2, 0.25) is 0 Å². The normalized spacial score (nSPS) is 20.1. The molecule has 0 amide bonds. The maximum atomic E-state index is 11.0. The van der Waals surface area contributed by atoms with Crippen LogP contribution in [-0.2, 0) is 9.59 Å². The fraction of sp³-hybridized carbons (Fsp3) is 0.583. The van der Waals surface area contributed by atoms with Gasteiger partial charge < -0.3 is 10.4 Å². The van der Waals surface area contributed by atoms with Gasteiger partial charge in [0, 0.05) is 18.7 Å². The molecule has 0 bridgehead atoms. The molecule has 1 atom stereocenters. The summed E-state index contributed by atoms with van der Waals surface area (Å²) in [6.07, 6.45) is -1.74. The Morgan fingerprint density at radius 3 is 2.57 bits per heavy atom. The van der Waals surface area contributed by atoms with Gasteiger partial charge >= 0.3 is 12.1 Å². The fourth-order valence-electron chi connectivity index (χ4n) is 1.48. The molecule has 1 saturated heterocycles. The maximum Gasteiger partial charge on any atom is 0.490 e. The molecule has 0 spiro atoms. The number of aliphatic carboxylic acids is 1. The Morgan fingerprint density at radius 2 is 2.14 bits per heavy atom.